The van der Waals surface area contributed by atoms with Crippen molar-refractivity contribution in [2.24, 2.45) is 0 Å². The fourth-order valence-electron chi connectivity index (χ4n) is 1.85. The molecule has 19 heavy (non-hydrogen) atoms. The third-order valence-corrected chi connectivity index (χ3v) is 2.95. The molecule has 0 radical (unpaired) electrons. The highest BCUT2D eigenvalue weighted by molar-refractivity contribution is 5.63. The minimum Gasteiger partial charge on any atom is -0.383 e. The number of methoxy groups -OCH3 is 1. The first-order valence-electron chi connectivity index (χ1n) is 6.31. The molecule has 0 spiro atoms. The van der Waals surface area contributed by atoms with Crippen molar-refractivity contribution in [3.05, 3.63) is 18.2 Å². The van der Waals surface area contributed by atoms with Crippen molar-refractivity contribution in [1.29, 1.82) is 0 Å². The van der Waals surface area contributed by atoms with Crippen molar-refractivity contribution in [1.82, 2.24) is 24.9 Å². The monoisotopic (exact) mass is 264 g/mol. The maximum atomic E-state index is 4.98. The van der Waals surface area contributed by atoms with E-state index in [9.17, 15) is 0 Å². The zero-order valence-electron chi connectivity index (χ0n) is 11.6. The molecule has 0 saturated carbocycles. The van der Waals surface area contributed by atoms with Gasteiger partial charge in [0, 0.05) is 46.2 Å². The summed E-state index contributed by atoms with van der Waals surface area (Å²) in [4.78, 5) is 6.46. The number of rotatable bonds is 7. The molecule has 0 aromatic carbocycles. The summed E-state index contributed by atoms with van der Waals surface area (Å²) in [6.45, 7) is 5.22. The standard InChI is InChI=1S/C12H20N6O/c1-10-15-16-12-11(14-5-8-18(10)12)17(2)7-4-13-6-9-19-3/h5,8,13H,4,6-7,9H2,1-3H3. The summed E-state index contributed by atoms with van der Waals surface area (Å²) in [5.74, 6) is 1.71. The average molecular weight is 264 g/mol. The van der Waals surface area contributed by atoms with E-state index in [0.29, 0.717) is 0 Å². The van der Waals surface area contributed by atoms with E-state index in [1.54, 1.807) is 13.3 Å². The summed E-state index contributed by atoms with van der Waals surface area (Å²) >= 11 is 0. The van der Waals surface area contributed by atoms with Gasteiger partial charge in [0.15, 0.2) is 5.82 Å². The highest BCUT2D eigenvalue weighted by Gasteiger charge is 2.11. The molecule has 104 valence electrons. The summed E-state index contributed by atoms with van der Waals surface area (Å²) in [7, 11) is 3.70. The van der Waals surface area contributed by atoms with E-state index in [2.05, 4.69) is 25.4 Å². The molecule has 0 aliphatic rings. The predicted molar refractivity (Wildman–Crippen MR) is 73.5 cm³/mol. The van der Waals surface area contributed by atoms with Crippen molar-refractivity contribution in [2.75, 3.05) is 45.3 Å². The summed E-state index contributed by atoms with van der Waals surface area (Å²) in [6.07, 6.45) is 3.65. The molecule has 0 amide bonds. The normalized spacial score (nSPS) is 11.1. The number of fused-ring (bicyclic) bond motifs is 1. The molecular weight excluding hydrogens is 244 g/mol. The van der Waals surface area contributed by atoms with Crippen LogP contribution in [0, 0.1) is 6.92 Å². The molecule has 2 heterocycles. The number of nitrogens with one attached hydrogen (secondary N) is 1. The molecule has 0 fully saturated rings. The molecule has 7 heteroatoms. The molecule has 7 nitrogen and oxygen atoms in total. The SMILES string of the molecule is COCCNCCN(C)c1nccn2c(C)nnc12. The Bertz CT molecular complexity index is 526. The Labute approximate surface area is 112 Å². The summed E-state index contributed by atoms with van der Waals surface area (Å²) < 4.78 is 6.93. The maximum Gasteiger partial charge on any atom is 0.203 e. The summed E-state index contributed by atoms with van der Waals surface area (Å²) in [5, 5.41) is 11.5. The second kappa shape index (κ2) is 6.44. The average Bonchev–Trinajstić information content (AvgIpc) is 2.80. The van der Waals surface area contributed by atoms with Crippen molar-refractivity contribution >= 4 is 11.5 Å². The minimum atomic E-state index is 0.723. The van der Waals surface area contributed by atoms with Crippen LogP contribution in [0.1, 0.15) is 5.82 Å². The Hall–Kier alpha value is -1.73. The van der Waals surface area contributed by atoms with Crippen molar-refractivity contribution in [3.8, 4) is 0 Å². The van der Waals surface area contributed by atoms with Crippen LogP contribution < -0.4 is 10.2 Å². The highest BCUT2D eigenvalue weighted by atomic mass is 16.5. The van der Waals surface area contributed by atoms with E-state index in [0.717, 1.165) is 43.5 Å². The van der Waals surface area contributed by atoms with Gasteiger partial charge in [0.25, 0.3) is 0 Å². The van der Waals surface area contributed by atoms with Gasteiger partial charge < -0.3 is 15.0 Å². The fourth-order valence-corrected chi connectivity index (χ4v) is 1.85. The fraction of sp³-hybridized carbons (Fsp3) is 0.583. The molecule has 2 aromatic heterocycles. The Kier molecular flexibility index (Phi) is 4.64. The van der Waals surface area contributed by atoms with Crippen molar-refractivity contribution in [3.63, 3.8) is 0 Å². The number of hydrogen-bond acceptors (Lipinski definition) is 6. The molecule has 0 aliphatic carbocycles. The van der Waals surface area contributed by atoms with Crippen molar-refractivity contribution in [2.45, 2.75) is 6.92 Å². The third-order valence-electron chi connectivity index (χ3n) is 2.95. The van der Waals surface area contributed by atoms with E-state index >= 15 is 0 Å². The lowest BCUT2D eigenvalue weighted by molar-refractivity contribution is 0.200. The largest absolute Gasteiger partial charge is 0.383 e. The number of nitrogens with zero attached hydrogens (tertiary/aromatic N) is 5. The number of aromatic nitrogens is 4. The molecule has 0 unspecified atom stereocenters. The van der Waals surface area contributed by atoms with E-state index in [1.165, 1.54) is 0 Å². The Balaban J connectivity index is 1.99. The number of likely N-dealkylation sites (N-methyl/N-ethyl adjacent to an activating group) is 1. The lowest BCUT2D eigenvalue weighted by atomic mass is 10.4. The molecule has 0 aliphatic heterocycles. The molecule has 0 saturated heterocycles. The van der Waals surface area contributed by atoms with E-state index < -0.39 is 0 Å². The predicted octanol–water partition coefficient (Wildman–Crippen LogP) is 0.105. The first kappa shape index (κ1) is 13.7. The van der Waals surface area contributed by atoms with Gasteiger partial charge in [-0.2, -0.15) is 0 Å². The lowest BCUT2D eigenvalue weighted by Gasteiger charge is -2.18. The second-order valence-corrected chi connectivity index (χ2v) is 4.36. The summed E-state index contributed by atoms with van der Waals surface area (Å²) in [5.41, 5.74) is 0.791. The van der Waals surface area contributed by atoms with Gasteiger partial charge in [0.05, 0.1) is 6.61 Å². The van der Waals surface area contributed by atoms with Gasteiger partial charge in [0.1, 0.15) is 5.82 Å². The van der Waals surface area contributed by atoms with Gasteiger partial charge in [-0.15, -0.1) is 10.2 Å². The third kappa shape index (κ3) is 3.18. The maximum absolute atomic E-state index is 4.98. The van der Waals surface area contributed by atoms with Gasteiger partial charge in [-0.25, -0.2) is 4.98 Å². The van der Waals surface area contributed by atoms with Crippen LogP contribution in [0.25, 0.3) is 5.65 Å². The van der Waals surface area contributed by atoms with Crippen LogP contribution in [-0.2, 0) is 4.74 Å². The topological polar surface area (TPSA) is 67.6 Å². The van der Waals surface area contributed by atoms with Gasteiger partial charge in [0.2, 0.25) is 5.65 Å². The van der Waals surface area contributed by atoms with Crippen LogP contribution in [-0.4, -0.2) is 60.0 Å². The molecular formula is C12H20N6O. The Morgan fingerprint density at radius 1 is 1.37 bits per heavy atom. The Morgan fingerprint density at radius 2 is 2.21 bits per heavy atom. The first-order chi connectivity index (χ1) is 9.24. The van der Waals surface area contributed by atoms with Crippen LogP contribution in [0.5, 0.6) is 0 Å². The van der Waals surface area contributed by atoms with Crippen molar-refractivity contribution < 1.29 is 4.74 Å². The van der Waals surface area contributed by atoms with Crippen LogP contribution >= 0.6 is 0 Å². The van der Waals surface area contributed by atoms with Gasteiger partial charge in [-0.3, -0.25) is 4.40 Å². The minimum absolute atomic E-state index is 0.723. The van der Waals surface area contributed by atoms with Gasteiger partial charge >= 0.3 is 0 Å². The van der Waals surface area contributed by atoms with Crippen LogP contribution in [0.2, 0.25) is 0 Å². The molecule has 0 bridgehead atoms. The zero-order valence-corrected chi connectivity index (χ0v) is 11.6. The number of hydrogen-bond donors (Lipinski definition) is 1. The number of aryl methyl sites for hydroxylation is 1. The van der Waals surface area contributed by atoms with Crippen LogP contribution in [0.4, 0.5) is 5.82 Å². The quantitative estimate of drug-likeness (QED) is 0.716. The first-order valence-corrected chi connectivity index (χ1v) is 6.31. The van der Waals surface area contributed by atoms with E-state index in [4.69, 9.17) is 4.74 Å². The van der Waals surface area contributed by atoms with Crippen LogP contribution in [0.15, 0.2) is 12.4 Å². The second-order valence-electron chi connectivity index (χ2n) is 4.36. The summed E-state index contributed by atoms with van der Waals surface area (Å²) in [6, 6.07) is 0. The molecule has 0 atom stereocenters. The highest BCUT2D eigenvalue weighted by Crippen LogP contribution is 2.15. The lowest BCUT2D eigenvalue weighted by Crippen LogP contribution is -2.31. The number of ether oxygens (including phenoxy) is 1. The smallest absolute Gasteiger partial charge is 0.203 e. The molecule has 2 aromatic rings. The van der Waals surface area contributed by atoms with Gasteiger partial charge in [-0.05, 0) is 6.92 Å². The van der Waals surface area contributed by atoms with Gasteiger partial charge in [-0.1, -0.05) is 0 Å². The molecule has 1 N–H and O–H groups in total. The van der Waals surface area contributed by atoms with E-state index in [-0.39, 0.29) is 0 Å². The zero-order chi connectivity index (χ0) is 13.7. The number of anilines is 1. The molecule has 2 rings (SSSR count). The van der Waals surface area contributed by atoms with Crippen LogP contribution in [0.3, 0.4) is 0 Å². The van der Waals surface area contributed by atoms with E-state index in [1.807, 2.05) is 24.6 Å². The Morgan fingerprint density at radius 3 is 3.00 bits per heavy atom.